The molecule has 1 aromatic carbocycles. The highest BCUT2D eigenvalue weighted by molar-refractivity contribution is 9.10. The van der Waals surface area contributed by atoms with Gasteiger partial charge in [0.15, 0.2) is 0 Å². The number of nitrogens with two attached hydrogens (primary N) is 1. The molecule has 0 saturated heterocycles. The molecule has 0 radical (unpaired) electrons. The zero-order valence-corrected chi connectivity index (χ0v) is 10.2. The van der Waals surface area contributed by atoms with Gasteiger partial charge in [-0.15, -0.1) is 0 Å². The van der Waals surface area contributed by atoms with Gasteiger partial charge in [0.25, 0.3) is 0 Å². The molecule has 0 atom stereocenters. The Hall–Kier alpha value is -0.410. The molecule has 0 aromatic heterocycles. The van der Waals surface area contributed by atoms with E-state index in [1.54, 1.807) is 0 Å². The zero-order valence-electron chi connectivity index (χ0n) is 8.60. The molecule has 0 aliphatic heterocycles. The second-order valence-corrected chi connectivity index (χ2v) is 5.39. The molecule has 1 aliphatic rings. The van der Waals surface area contributed by atoms with Gasteiger partial charge in [-0.3, -0.25) is 0 Å². The van der Waals surface area contributed by atoms with Gasteiger partial charge in [0.1, 0.15) is 5.82 Å². The van der Waals surface area contributed by atoms with Gasteiger partial charge in [0.2, 0.25) is 0 Å². The van der Waals surface area contributed by atoms with Crippen molar-refractivity contribution in [1.29, 1.82) is 0 Å². The summed E-state index contributed by atoms with van der Waals surface area (Å²) >= 11 is 3.26. The molecule has 3 heteroatoms. The lowest BCUT2D eigenvalue weighted by molar-refractivity contribution is 0.143. The Morgan fingerprint density at radius 2 is 2.13 bits per heavy atom. The van der Waals surface area contributed by atoms with Gasteiger partial charge in [-0.2, -0.15) is 0 Å². The molecule has 0 unspecified atom stereocenters. The third kappa shape index (κ3) is 2.23. The van der Waals surface area contributed by atoms with Crippen molar-refractivity contribution in [2.45, 2.75) is 25.7 Å². The van der Waals surface area contributed by atoms with E-state index < -0.39 is 0 Å². The van der Waals surface area contributed by atoms with Gasteiger partial charge in [-0.1, -0.05) is 28.4 Å². The van der Waals surface area contributed by atoms with E-state index in [9.17, 15) is 4.39 Å². The zero-order chi connectivity index (χ0) is 10.9. The van der Waals surface area contributed by atoms with Crippen molar-refractivity contribution in [3.8, 4) is 0 Å². The van der Waals surface area contributed by atoms with Crippen molar-refractivity contribution >= 4 is 15.9 Å². The van der Waals surface area contributed by atoms with E-state index in [1.165, 1.54) is 12.5 Å². The third-order valence-electron chi connectivity index (χ3n) is 3.43. The van der Waals surface area contributed by atoms with Gasteiger partial charge in [0.05, 0.1) is 0 Å². The normalized spacial score (nSPS) is 18.6. The van der Waals surface area contributed by atoms with Crippen LogP contribution in [0.2, 0.25) is 0 Å². The van der Waals surface area contributed by atoms with Gasteiger partial charge in [-0.25, -0.2) is 4.39 Å². The van der Waals surface area contributed by atoms with E-state index in [0.717, 1.165) is 29.3 Å². The third-order valence-corrected chi connectivity index (χ3v) is 3.92. The van der Waals surface area contributed by atoms with Crippen LogP contribution in [0.15, 0.2) is 22.7 Å². The molecule has 15 heavy (non-hydrogen) atoms. The first-order chi connectivity index (χ1) is 7.15. The van der Waals surface area contributed by atoms with Gasteiger partial charge in [0, 0.05) is 4.47 Å². The van der Waals surface area contributed by atoms with Gasteiger partial charge >= 0.3 is 0 Å². The quantitative estimate of drug-likeness (QED) is 0.898. The number of rotatable bonds is 3. The minimum absolute atomic E-state index is 0.121. The number of benzene rings is 1. The molecule has 2 N–H and O–H groups in total. The smallest absolute Gasteiger partial charge is 0.127 e. The fourth-order valence-corrected chi connectivity index (χ4v) is 2.53. The molecule has 0 spiro atoms. The number of halogens is 2. The Morgan fingerprint density at radius 1 is 1.40 bits per heavy atom. The predicted octanol–water partition coefficient (Wildman–Crippen LogP) is 3.26. The van der Waals surface area contributed by atoms with Gasteiger partial charge in [-0.05, 0) is 48.9 Å². The Bertz CT molecular complexity index is 355. The van der Waals surface area contributed by atoms with Crippen LogP contribution in [0, 0.1) is 11.2 Å². The molecule has 2 rings (SSSR count). The summed E-state index contributed by atoms with van der Waals surface area (Å²) in [5.41, 5.74) is 6.73. The lowest BCUT2D eigenvalue weighted by Gasteiger charge is -2.41. The van der Waals surface area contributed by atoms with Crippen molar-refractivity contribution in [3.63, 3.8) is 0 Å². The second kappa shape index (κ2) is 4.22. The van der Waals surface area contributed by atoms with Crippen LogP contribution >= 0.6 is 15.9 Å². The maximum atomic E-state index is 13.6. The summed E-state index contributed by atoms with van der Waals surface area (Å²) in [7, 11) is 0. The Balaban J connectivity index is 2.16. The minimum Gasteiger partial charge on any atom is -0.330 e. The van der Waals surface area contributed by atoms with Crippen molar-refractivity contribution in [2.75, 3.05) is 6.54 Å². The molecule has 1 aliphatic carbocycles. The van der Waals surface area contributed by atoms with Crippen LogP contribution in [-0.2, 0) is 6.42 Å². The lowest BCUT2D eigenvalue weighted by Crippen LogP contribution is -2.39. The van der Waals surface area contributed by atoms with Crippen LogP contribution in [0.3, 0.4) is 0 Å². The highest BCUT2D eigenvalue weighted by Crippen LogP contribution is 2.43. The molecule has 0 amide bonds. The predicted molar refractivity (Wildman–Crippen MR) is 63.1 cm³/mol. The monoisotopic (exact) mass is 271 g/mol. The highest BCUT2D eigenvalue weighted by atomic mass is 79.9. The molecular weight excluding hydrogens is 257 g/mol. The van der Waals surface area contributed by atoms with Crippen LogP contribution in [0.1, 0.15) is 24.8 Å². The summed E-state index contributed by atoms with van der Waals surface area (Å²) in [6, 6.07) is 5.27. The van der Waals surface area contributed by atoms with Crippen LogP contribution in [0.4, 0.5) is 4.39 Å². The summed E-state index contributed by atoms with van der Waals surface area (Å²) in [5.74, 6) is -0.121. The van der Waals surface area contributed by atoms with Crippen molar-refractivity contribution in [1.82, 2.24) is 0 Å². The fraction of sp³-hybridized carbons (Fsp3) is 0.500. The standard InChI is InChI=1S/C12H15BrFN/c13-10-3-2-9(11(14)6-10)7-12(8-15)4-1-5-12/h2-3,6H,1,4-5,7-8,15H2. The summed E-state index contributed by atoms with van der Waals surface area (Å²) in [6.07, 6.45) is 4.29. The molecule has 82 valence electrons. The van der Waals surface area contributed by atoms with E-state index >= 15 is 0 Å². The highest BCUT2D eigenvalue weighted by Gasteiger charge is 2.36. The molecule has 0 bridgehead atoms. The maximum Gasteiger partial charge on any atom is 0.127 e. The molecule has 0 heterocycles. The fourth-order valence-electron chi connectivity index (χ4n) is 2.20. The average Bonchev–Trinajstić information content (AvgIpc) is 2.14. The first-order valence-corrected chi connectivity index (χ1v) is 6.09. The van der Waals surface area contributed by atoms with Crippen LogP contribution in [-0.4, -0.2) is 6.54 Å². The summed E-state index contributed by atoms with van der Waals surface area (Å²) in [5, 5.41) is 0. The molecule has 1 aromatic rings. The Labute approximate surface area is 98.0 Å². The van der Waals surface area contributed by atoms with Crippen molar-refractivity contribution in [2.24, 2.45) is 11.1 Å². The molecule has 1 saturated carbocycles. The van der Waals surface area contributed by atoms with E-state index in [1.807, 2.05) is 12.1 Å². The molecule has 1 fully saturated rings. The molecule has 1 nitrogen and oxygen atoms in total. The Morgan fingerprint density at radius 3 is 2.60 bits per heavy atom. The average molecular weight is 272 g/mol. The van der Waals surface area contributed by atoms with Gasteiger partial charge < -0.3 is 5.73 Å². The van der Waals surface area contributed by atoms with Crippen LogP contribution in [0.5, 0.6) is 0 Å². The second-order valence-electron chi connectivity index (χ2n) is 4.47. The van der Waals surface area contributed by atoms with Crippen LogP contribution < -0.4 is 5.73 Å². The SMILES string of the molecule is NCC1(Cc2ccc(Br)cc2F)CCC1. The summed E-state index contributed by atoms with van der Waals surface area (Å²) < 4.78 is 14.4. The number of hydrogen-bond acceptors (Lipinski definition) is 1. The molecular formula is C12H15BrFN. The number of hydrogen-bond donors (Lipinski definition) is 1. The minimum atomic E-state index is -0.121. The first kappa shape index (κ1) is 11.1. The van der Waals surface area contributed by atoms with E-state index in [-0.39, 0.29) is 11.2 Å². The van der Waals surface area contributed by atoms with E-state index in [4.69, 9.17) is 5.73 Å². The topological polar surface area (TPSA) is 26.0 Å². The van der Waals surface area contributed by atoms with E-state index in [0.29, 0.717) is 6.54 Å². The first-order valence-electron chi connectivity index (χ1n) is 5.29. The Kier molecular flexibility index (Phi) is 3.12. The van der Waals surface area contributed by atoms with Crippen LogP contribution in [0.25, 0.3) is 0 Å². The van der Waals surface area contributed by atoms with Crippen molar-refractivity contribution < 1.29 is 4.39 Å². The van der Waals surface area contributed by atoms with Crippen molar-refractivity contribution in [3.05, 3.63) is 34.1 Å². The van der Waals surface area contributed by atoms with E-state index in [2.05, 4.69) is 15.9 Å². The largest absolute Gasteiger partial charge is 0.330 e. The lowest BCUT2D eigenvalue weighted by atomic mass is 9.65. The summed E-state index contributed by atoms with van der Waals surface area (Å²) in [4.78, 5) is 0. The summed E-state index contributed by atoms with van der Waals surface area (Å²) in [6.45, 7) is 0.669. The maximum absolute atomic E-state index is 13.6.